The highest BCUT2D eigenvalue weighted by Gasteiger charge is 2.51. The summed E-state index contributed by atoms with van der Waals surface area (Å²) in [5.41, 5.74) is 1.41. The molecule has 1 spiro atoms. The van der Waals surface area contributed by atoms with Crippen molar-refractivity contribution in [1.82, 2.24) is 9.21 Å². The molecule has 2 aliphatic heterocycles. The molecule has 1 aromatic rings. The second-order valence-electron chi connectivity index (χ2n) is 9.11. The Bertz CT molecular complexity index is 920. The number of cyclic esters (lactones) is 1. The van der Waals surface area contributed by atoms with E-state index in [2.05, 4.69) is 0 Å². The first-order valence-corrected chi connectivity index (χ1v) is 12.3. The van der Waals surface area contributed by atoms with E-state index in [0.29, 0.717) is 43.8 Å². The van der Waals surface area contributed by atoms with Gasteiger partial charge in [0, 0.05) is 26.1 Å². The molecule has 2 heterocycles. The maximum atomic E-state index is 13.5. The Labute approximate surface area is 179 Å². The lowest BCUT2D eigenvalue weighted by Gasteiger charge is -2.36. The predicted molar refractivity (Wildman–Crippen MR) is 113 cm³/mol. The van der Waals surface area contributed by atoms with Crippen LogP contribution in [0.15, 0.2) is 17.0 Å². The Balaban J connectivity index is 1.53. The molecule has 0 bridgehead atoms. The Morgan fingerprint density at radius 2 is 1.83 bits per heavy atom. The number of fused-ring (bicyclic) bond motifs is 1. The molecule has 1 unspecified atom stereocenters. The third-order valence-electron chi connectivity index (χ3n) is 6.86. The molecule has 0 saturated carbocycles. The van der Waals surface area contributed by atoms with Crippen LogP contribution in [-0.4, -0.2) is 70.5 Å². The van der Waals surface area contributed by atoms with Crippen LogP contribution >= 0.6 is 0 Å². The van der Waals surface area contributed by atoms with Gasteiger partial charge >= 0.3 is 5.97 Å². The lowest BCUT2D eigenvalue weighted by Crippen LogP contribution is -2.45. The Kier molecular flexibility index (Phi) is 5.85. The maximum absolute atomic E-state index is 13.5. The molecular formula is C22H32N2O5S. The molecule has 2 fully saturated rings. The van der Waals surface area contributed by atoms with Crippen LogP contribution in [0.25, 0.3) is 0 Å². The van der Waals surface area contributed by atoms with Gasteiger partial charge in [-0.2, -0.15) is 4.31 Å². The number of ether oxygens (including phenoxy) is 2. The van der Waals surface area contributed by atoms with Gasteiger partial charge < -0.3 is 14.4 Å². The number of methoxy groups -OCH3 is 1. The Hall–Kier alpha value is -1.64. The summed E-state index contributed by atoms with van der Waals surface area (Å²) in [7, 11) is 1.95. The maximum Gasteiger partial charge on any atom is 0.312 e. The number of rotatable bonds is 5. The zero-order chi connectivity index (χ0) is 21.5. The molecule has 0 N–H and O–H groups in total. The molecule has 0 amide bonds. The number of likely N-dealkylation sites (N-methyl/N-ethyl adjacent to an activating group) is 1. The van der Waals surface area contributed by atoms with Crippen molar-refractivity contribution in [2.75, 3.05) is 40.8 Å². The second-order valence-corrected chi connectivity index (χ2v) is 11.0. The Morgan fingerprint density at radius 3 is 2.47 bits per heavy atom. The van der Waals surface area contributed by atoms with E-state index in [0.717, 1.165) is 42.6 Å². The van der Waals surface area contributed by atoms with Crippen molar-refractivity contribution in [1.29, 1.82) is 0 Å². The standard InChI is InChI=1S/C22H32N2O5S/c1-23(2)15-16-14-22(21(25)29-16)10-12-24(13-11-22)30(26,27)20-9-8-19(28-3)17-6-4-5-7-18(17)20/h8-9,16H,4-7,10-15H2,1-3H3. The summed E-state index contributed by atoms with van der Waals surface area (Å²) in [6.07, 6.45) is 5.27. The molecular weight excluding hydrogens is 404 g/mol. The van der Waals surface area contributed by atoms with E-state index in [1.165, 1.54) is 0 Å². The SMILES string of the molecule is COc1ccc(S(=O)(=O)N2CCC3(CC2)CC(CN(C)C)OC3=O)c2c1CCCC2. The van der Waals surface area contributed by atoms with Crippen molar-refractivity contribution in [3.05, 3.63) is 23.3 Å². The molecule has 4 rings (SSSR count). The molecule has 8 heteroatoms. The topological polar surface area (TPSA) is 76.2 Å². The quantitative estimate of drug-likeness (QED) is 0.659. The van der Waals surface area contributed by atoms with Crippen molar-refractivity contribution in [2.24, 2.45) is 5.41 Å². The summed E-state index contributed by atoms with van der Waals surface area (Å²) in [5.74, 6) is 0.620. The lowest BCUT2D eigenvalue weighted by molar-refractivity contribution is -0.150. The fraction of sp³-hybridized carbons (Fsp3) is 0.682. The number of sulfonamides is 1. The molecule has 1 aliphatic carbocycles. The van der Waals surface area contributed by atoms with Crippen LogP contribution in [0, 0.1) is 5.41 Å². The summed E-state index contributed by atoms with van der Waals surface area (Å²) >= 11 is 0. The minimum absolute atomic E-state index is 0.107. The number of carbonyl (C=O) groups is 1. The van der Waals surface area contributed by atoms with Crippen LogP contribution in [0.3, 0.4) is 0 Å². The van der Waals surface area contributed by atoms with E-state index in [9.17, 15) is 13.2 Å². The van der Waals surface area contributed by atoms with Crippen LogP contribution in [0.1, 0.15) is 43.2 Å². The summed E-state index contributed by atoms with van der Waals surface area (Å²) in [5, 5.41) is 0. The fourth-order valence-electron chi connectivity index (χ4n) is 5.28. The van der Waals surface area contributed by atoms with Gasteiger partial charge in [-0.25, -0.2) is 8.42 Å². The molecule has 0 radical (unpaired) electrons. The normalized spacial score (nSPS) is 24.1. The molecule has 166 valence electrons. The second kappa shape index (κ2) is 8.13. The molecule has 2 saturated heterocycles. The van der Waals surface area contributed by atoms with Crippen LogP contribution in [0.5, 0.6) is 5.75 Å². The number of nitrogens with zero attached hydrogens (tertiary/aromatic N) is 2. The Morgan fingerprint density at radius 1 is 1.17 bits per heavy atom. The number of hydrogen-bond donors (Lipinski definition) is 0. The smallest absolute Gasteiger partial charge is 0.312 e. The van der Waals surface area contributed by atoms with E-state index in [-0.39, 0.29) is 12.1 Å². The summed E-state index contributed by atoms with van der Waals surface area (Å²) in [6.45, 7) is 1.41. The monoisotopic (exact) mass is 436 g/mol. The van der Waals surface area contributed by atoms with E-state index < -0.39 is 15.4 Å². The van der Waals surface area contributed by atoms with E-state index >= 15 is 0 Å². The number of piperidine rings is 1. The third kappa shape index (κ3) is 3.74. The van der Waals surface area contributed by atoms with Crippen LogP contribution in [-0.2, 0) is 32.4 Å². The average Bonchev–Trinajstić information content (AvgIpc) is 3.00. The molecule has 30 heavy (non-hydrogen) atoms. The number of carbonyl (C=O) groups excluding carboxylic acids is 1. The largest absolute Gasteiger partial charge is 0.496 e. The third-order valence-corrected chi connectivity index (χ3v) is 8.84. The van der Waals surface area contributed by atoms with Crippen molar-refractivity contribution in [3.8, 4) is 5.75 Å². The van der Waals surface area contributed by atoms with E-state index in [1.807, 2.05) is 19.0 Å². The van der Waals surface area contributed by atoms with Gasteiger partial charge in [0.1, 0.15) is 11.9 Å². The zero-order valence-electron chi connectivity index (χ0n) is 18.1. The molecule has 7 nitrogen and oxygen atoms in total. The van der Waals surface area contributed by atoms with Gasteiger partial charge in [-0.1, -0.05) is 0 Å². The summed E-state index contributed by atoms with van der Waals surface area (Å²) in [6, 6.07) is 3.47. The minimum Gasteiger partial charge on any atom is -0.496 e. The lowest BCUT2D eigenvalue weighted by atomic mass is 9.76. The zero-order valence-corrected chi connectivity index (χ0v) is 19.0. The van der Waals surface area contributed by atoms with Gasteiger partial charge in [-0.3, -0.25) is 4.79 Å². The average molecular weight is 437 g/mol. The number of hydrogen-bond acceptors (Lipinski definition) is 6. The first-order chi connectivity index (χ1) is 14.3. The number of benzene rings is 1. The van der Waals surface area contributed by atoms with Crippen molar-refractivity contribution < 1.29 is 22.7 Å². The van der Waals surface area contributed by atoms with Gasteiger partial charge in [0.25, 0.3) is 0 Å². The van der Waals surface area contributed by atoms with Crippen molar-refractivity contribution in [3.63, 3.8) is 0 Å². The summed E-state index contributed by atoms with van der Waals surface area (Å²) < 4.78 is 39.7. The highest BCUT2D eigenvalue weighted by molar-refractivity contribution is 7.89. The van der Waals surface area contributed by atoms with Crippen LogP contribution in [0.4, 0.5) is 0 Å². The van der Waals surface area contributed by atoms with Gasteiger partial charge in [0.2, 0.25) is 10.0 Å². The van der Waals surface area contributed by atoms with Gasteiger partial charge in [0.05, 0.1) is 17.4 Å². The van der Waals surface area contributed by atoms with E-state index in [1.54, 1.807) is 23.5 Å². The molecule has 1 atom stereocenters. The van der Waals surface area contributed by atoms with Gasteiger partial charge in [0.15, 0.2) is 0 Å². The number of esters is 1. The minimum atomic E-state index is -3.61. The highest BCUT2D eigenvalue weighted by Crippen LogP contribution is 2.44. The predicted octanol–water partition coefficient (Wildman–Crippen LogP) is 2.22. The molecule has 3 aliphatic rings. The van der Waals surface area contributed by atoms with Crippen molar-refractivity contribution >= 4 is 16.0 Å². The van der Waals surface area contributed by atoms with Gasteiger partial charge in [-0.05, 0) is 75.9 Å². The first-order valence-electron chi connectivity index (χ1n) is 10.8. The highest BCUT2D eigenvalue weighted by atomic mass is 32.2. The molecule has 0 aromatic heterocycles. The van der Waals surface area contributed by atoms with Crippen molar-refractivity contribution in [2.45, 2.75) is 55.9 Å². The first kappa shape index (κ1) is 21.6. The summed E-state index contributed by atoms with van der Waals surface area (Å²) in [4.78, 5) is 15.0. The van der Waals surface area contributed by atoms with Crippen LogP contribution in [0.2, 0.25) is 0 Å². The fourth-order valence-corrected chi connectivity index (χ4v) is 7.00. The van der Waals surface area contributed by atoms with Gasteiger partial charge in [-0.15, -0.1) is 0 Å². The molecule has 1 aromatic carbocycles. The van der Waals surface area contributed by atoms with E-state index in [4.69, 9.17) is 9.47 Å². The van der Waals surface area contributed by atoms with Crippen LogP contribution < -0.4 is 4.74 Å².